The lowest BCUT2D eigenvalue weighted by molar-refractivity contribution is -0.125. The van der Waals surface area contributed by atoms with Crippen LogP contribution in [0.15, 0.2) is 45.8 Å². The summed E-state index contributed by atoms with van der Waals surface area (Å²) in [7, 11) is -3.85. The fourth-order valence-corrected chi connectivity index (χ4v) is 6.61. The minimum atomic E-state index is -3.85. The van der Waals surface area contributed by atoms with Gasteiger partial charge in [-0.05, 0) is 58.4 Å². The van der Waals surface area contributed by atoms with Crippen molar-refractivity contribution >= 4 is 43.9 Å². The number of thiazole rings is 1. The largest absolute Gasteiger partial charge is 0.354 e. The average Bonchev–Trinajstić information content (AvgIpc) is 3.20. The smallest absolute Gasteiger partial charge is 0.273 e. The van der Waals surface area contributed by atoms with Crippen molar-refractivity contribution in [3.05, 3.63) is 63.5 Å². The fraction of sp³-hybridized carbons (Fsp3) is 0.346. The molecule has 2 N–H and O–H groups in total. The van der Waals surface area contributed by atoms with Crippen molar-refractivity contribution in [2.75, 3.05) is 4.72 Å². The molecule has 0 saturated heterocycles. The molecule has 4 aromatic rings. The molecule has 1 atom stereocenters. The third-order valence-corrected chi connectivity index (χ3v) is 8.99. The molecule has 0 fully saturated rings. The lowest BCUT2D eigenvalue weighted by Crippen LogP contribution is -2.37. The number of rotatable bonds is 8. The van der Waals surface area contributed by atoms with Crippen LogP contribution in [0.2, 0.25) is 0 Å². The molecule has 0 aliphatic carbocycles. The van der Waals surface area contributed by atoms with Gasteiger partial charge in [-0.3, -0.25) is 23.9 Å². The van der Waals surface area contributed by atoms with Gasteiger partial charge in [-0.1, -0.05) is 13.0 Å². The number of carbonyl (C=O) groups is 1. The Bertz CT molecular complexity index is 1690. The van der Waals surface area contributed by atoms with Crippen molar-refractivity contribution < 1.29 is 13.2 Å². The number of hydrogen-bond acceptors (Lipinski definition) is 8. The molecule has 0 saturated carbocycles. The first-order valence-electron chi connectivity index (χ1n) is 12.1. The van der Waals surface area contributed by atoms with Crippen LogP contribution in [0.4, 0.5) is 5.69 Å². The topological polar surface area (TPSA) is 136 Å². The van der Waals surface area contributed by atoms with Crippen LogP contribution < -0.4 is 15.6 Å². The van der Waals surface area contributed by atoms with Gasteiger partial charge in [0.25, 0.3) is 15.6 Å². The van der Waals surface area contributed by atoms with Crippen molar-refractivity contribution in [2.45, 2.75) is 58.3 Å². The van der Waals surface area contributed by atoms with Gasteiger partial charge < -0.3 is 5.32 Å². The van der Waals surface area contributed by atoms with E-state index in [4.69, 9.17) is 0 Å². The lowest BCUT2D eigenvalue weighted by atomic mass is 10.0. The molecule has 3 aromatic heterocycles. The van der Waals surface area contributed by atoms with E-state index >= 15 is 0 Å². The second kappa shape index (κ2) is 10.6. The molecule has 1 amide bonds. The summed E-state index contributed by atoms with van der Waals surface area (Å²) in [4.78, 5) is 38.6. The second-order valence-electron chi connectivity index (χ2n) is 9.57. The van der Waals surface area contributed by atoms with Crippen LogP contribution in [0.3, 0.4) is 0 Å². The summed E-state index contributed by atoms with van der Waals surface area (Å²) in [6.45, 7) is 10.9. The Morgan fingerprint density at radius 3 is 2.45 bits per heavy atom. The van der Waals surface area contributed by atoms with Crippen molar-refractivity contribution in [3.8, 4) is 11.1 Å². The highest BCUT2D eigenvalue weighted by Gasteiger charge is 2.22. The number of anilines is 1. The average molecular weight is 555 g/mol. The van der Waals surface area contributed by atoms with Gasteiger partial charge in [0.2, 0.25) is 5.91 Å². The molecule has 10 nitrogen and oxygen atoms in total. The van der Waals surface area contributed by atoms with E-state index in [0.717, 1.165) is 11.3 Å². The third kappa shape index (κ3) is 5.76. The molecule has 1 aromatic carbocycles. The Morgan fingerprint density at radius 1 is 1.05 bits per heavy atom. The molecular weight excluding hydrogens is 524 g/mol. The van der Waals surface area contributed by atoms with E-state index in [0.29, 0.717) is 44.1 Å². The summed E-state index contributed by atoms with van der Waals surface area (Å²) in [5, 5.41) is 3.91. The zero-order valence-electron chi connectivity index (χ0n) is 22.1. The number of nitrogens with one attached hydrogen (secondary N) is 2. The highest BCUT2D eigenvalue weighted by atomic mass is 32.2. The van der Waals surface area contributed by atoms with E-state index < -0.39 is 15.9 Å². The van der Waals surface area contributed by atoms with Crippen LogP contribution in [0.25, 0.3) is 22.0 Å². The Kier molecular flexibility index (Phi) is 7.65. The van der Waals surface area contributed by atoms with Gasteiger partial charge >= 0.3 is 0 Å². The first-order chi connectivity index (χ1) is 17.9. The summed E-state index contributed by atoms with van der Waals surface area (Å²) >= 11 is 1.11. The molecule has 3 heterocycles. The number of sulfonamides is 1. The molecule has 4 rings (SSSR count). The number of benzene rings is 1. The molecule has 0 radical (unpaired) electrons. The van der Waals surface area contributed by atoms with Gasteiger partial charge in [-0.15, -0.1) is 11.3 Å². The number of aryl methyl sites for hydroxylation is 3. The standard InChI is InChI=1S/C26H30N6O4S2/c1-14(2)29-24(33)15(3)12-32-13-28-22-8-7-19(9-21(22)25(32)34)20-10-23(16(4)27-11-20)31-38(35,36)26-17(5)30-18(6)37-26/h7-11,13-15,31H,12H2,1-6H3,(H,29,33). The first-order valence-corrected chi connectivity index (χ1v) is 14.4. The Hall–Kier alpha value is -3.64. The lowest BCUT2D eigenvalue weighted by Gasteiger charge is -2.16. The third-order valence-electron chi connectivity index (χ3n) is 5.94. The van der Waals surface area contributed by atoms with E-state index in [1.807, 2.05) is 13.8 Å². The zero-order valence-corrected chi connectivity index (χ0v) is 23.7. The van der Waals surface area contributed by atoms with Gasteiger partial charge in [0.15, 0.2) is 4.21 Å². The van der Waals surface area contributed by atoms with Gasteiger partial charge in [0.1, 0.15) is 0 Å². The number of aromatic nitrogens is 4. The Balaban J connectivity index is 1.67. The maximum atomic E-state index is 13.3. The molecule has 1 unspecified atom stereocenters. The summed E-state index contributed by atoms with van der Waals surface area (Å²) in [5.41, 5.74) is 2.85. The molecule has 0 spiro atoms. The summed E-state index contributed by atoms with van der Waals surface area (Å²) in [6.07, 6.45) is 3.08. The van der Waals surface area contributed by atoms with E-state index in [-0.39, 0.29) is 28.3 Å². The minimum Gasteiger partial charge on any atom is -0.354 e. The predicted molar refractivity (Wildman–Crippen MR) is 149 cm³/mol. The molecule has 0 aliphatic rings. The molecule has 38 heavy (non-hydrogen) atoms. The quantitative estimate of drug-likeness (QED) is 0.338. The van der Waals surface area contributed by atoms with Gasteiger partial charge in [0.05, 0.1) is 45.2 Å². The molecular formula is C26H30N6O4S2. The molecule has 12 heteroatoms. The SMILES string of the molecule is Cc1nc(C)c(S(=O)(=O)Nc2cc(-c3ccc4ncn(CC(C)C(=O)NC(C)C)c(=O)c4c3)cnc2C)s1. The van der Waals surface area contributed by atoms with Crippen molar-refractivity contribution in [2.24, 2.45) is 5.92 Å². The second-order valence-corrected chi connectivity index (χ2v) is 12.6. The molecule has 200 valence electrons. The first kappa shape index (κ1) is 27.4. The number of pyridine rings is 1. The Labute approximate surface area is 225 Å². The van der Waals surface area contributed by atoms with E-state index in [9.17, 15) is 18.0 Å². The maximum absolute atomic E-state index is 13.3. The summed E-state index contributed by atoms with van der Waals surface area (Å²) < 4.78 is 30.3. The van der Waals surface area contributed by atoms with Crippen LogP contribution in [-0.4, -0.2) is 39.9 Å². The predicted octanol–water partition coefficient (Wildman–Crippen LogP) is 3.80. The molecule has 0 bridgehead atoms. The van der Waals surface area contributed by atoms with Crippen molar-refractivity contribution in [3.63, 3.8) is 0 Å². The highest BCUT2D eigenvalue weighted by Crippen LogP contribution is 2.29. The van der Waals surface area contributed by atoms with Crippen molar-refractivity contribution in [1.82, 2.24) is 24.8 Å². The normalized spacial score (nSPS) is 12.6. The number of hydrogen-bond donors (Lipinski definition) is 2. The van der Waals surface area contributed by atoms with E-state index in [2.05, 4.69) is 25.0 Å². The van der Waals surface area contributed by atoms with Crippen LogP contribution in [0.1, 0.15) is 37.2 Å². The van der Waals surface area contributed by atoms with Gasteiger partial charge in [0, 0.05) is 24.3 Å². The summed E-state index contributed by atoms with van der Waals surface area (Å²) in [5.74, 6) is -0.550. The van der Waals surface area contributed by atoms with Crippen LogP contribution in [0.5, 0.6) is 0 Å². The number of fused-ring (bicyclic) bond motifs is 1. The summed E-state index contributed by atoms with van der Waals surface area (Å²) in [6, 6.07) is 6.95. The fourth-order valence-electron chi connectivity index (χ4n) is 4.02. The number of amides is 1. The number of nitrogens with zero attached hydrogens (tertiary/aromatic N) is 4. The van der Waals surface area contributed by atoms with Crippen molar-refractivity contribution in [1.29, 1.82) is 0 Å². The monoisotopic (exact) mass is 554 g/mol. The van der Waals surface area contributed by atoms with E-state index in [1.165, 1.54) is 10.9 Å². The highest BCUT2D eigenvalue weighted by molar-refractivity contribution is 7.94. The minimum absolute atomic E-state index is 0.00608. The molecule has 0 aliphatic heterocycles. The number of carbonyl (C=O) groups excluding carboxylic acids is 1. The van der Waals surface area contributed by atoms with Gasteiger partial charge in [-0.25, -0.2) is 18.4 Å². The van der Waals surface area contributed by atoms with Crippen LogP contribution in [-0.2, 0) is 21.4 Å². The van der Waals surface area contributed by atoms with Gasteiger partial charge in [-0.2, -0.15) is 0 Å². The van der Waals surface area contributed by atoms with Crippen LogP contribution in [0, 0.1) is 26.7 Å². The van der Waals surface area contributed by atoms with Crippen LogP contribution >= 0.6 is 11.3 Å². The van der Waals surface area contributed by atoms with E-state index in [1.54, 1.807) is 58.2 Å². The Morgan fingerprint density at radius 2 is 1.79 bits per heavy atom. The maximum Gasteiger partial charge on any atom is 0.273 e. The zero-order chi connectivity index (χ0) is 27.8.